The molecular formula is C17H28N2O5S. The van der Waals surface area contributed by atoms with Gasteiger partial charge in [0.05, 0.1) is 6.61 Å². The number of aliphatic hydroxyl groups is 2. The highest BCUT2D eigenvalue weighted by Crippen LogP contribution is 2.29. The lowest BCUT2D eigenvalue weighted by Gasteiger charge is -2.33. The number of benzene rings is 1. The van der Waals surface area contributed by atoms with Gasteiger partial charge < -0.3 is 25.0 Å². The first kappa shape index (κ1) is 21.7. The summed E-state index contributed by atoms with van der Waals surface area (Å²) >= 11 is 1.59. The quantitative estimate of drug-likeness (QED) is 0.590. The highest BCUT2D eigenvalue weighted by Gasteiger charge is 2.19. The van der Waals surface area contributed by atoms with Crippen LogP contribution >= 0.6 is 11.9 Å². The molecule has 0 atom stereocenters. The zero-order chi connectivity index (χ0) is 18.7. The predicted octanol–water partition coefficient (Wildman–Crippen LogP) is 1.40. The van der Waals surface area contributed by atoms with Crippen LogP contribution in [-0.4, -0.2) is 83.5 Å². The van der Waals surface area contributed by atoms with E-state index < -0.39 is 5.97 Å². The first-order chi connectivity index (χ1) is 12.1. The maximum atomic E-state index is 11.4. The summed E-state index contributed by atoms with van der Waals surface area (Å²) in [5.74, 6) is -0.553. The van der Waals surface area contributed by atoms with Gasteiger partial charge in [-0.15, -0.1) is 0 Å². The van der Waals surface area contributed by atoms with Crippen LogP contribution in [0.3, 0.4) is 0 Å². The minimum absolute atomic E-state index is 0.207. The monoisotopic (exact) mass is 372 g/mol. The first-order valence-electron chi connectivity index (χ1n) is 8.35. The minimum atomic E-state index is -0.968. The highest BCUT2D eigenvalue weighted by molar-refractivity contribution is 7.97. The largest absolute Gasteiger partial charge is 0.493 e. The van der Waals surface area contributed by atoms with E-state index in [2.05, 4.69) is 9.21 Å². The summed E-state index contributed by atoms with van der Waals surface area (Å²) in [5, 5.41) is 25.2. The van der Waals surface area contributed by atoms with Crippen LogP contribution in [0.2, 0.25) is 0 Å². The normalized spacial score (nSPS) is 15.4. The van der Waals surface area contributed by atoms with Crippen LogP contribution in [-0.2, 0) is 0 Å². The standard InChI is InChI=1S/C16H24N2O4S.CH4O/c1-2-22-15-5-4-13(12-14(15)16(20)21)23-18-9-7-17(8-10-18)6-3-11-19;1-2/h4-5,12,19H,2-3,6-11H2,1H3,(H,20,21);2H,1H3. The number of ether oxygens (including phenoxy) is 1. The van der Waals surface area contributed by atoms with Crippen molar-refractivity contribution in [1.82, 2.24) is 9.21 Å². The highest BCUT2D eigenvalue weighted by atomic mass is 32.2. The Kier molecular flexibility index (Phi) is 10.5. The Morgan fingerprint density at radius 1 is 1.24 bits per heavy atom. The Balaban J connectivity index is 0.00000151. The van der Waals surface area contributed by atoms with E-state index in [9.17, 15) is 9.90 Å². The van der Waals surface area contributed by atoms with E-state index in [4.69, 9.17) is 14.9 Å². The van der Waals surface area contributed by atoms with E-state index in [1.807, 2.05) is 13.0 Å². The maximum absolute atomic E-state index is 11.4. The lowest BCUT2D eigenvalue weighted by Crippen LogP contribution is -2.43. The van der Waals surface area contributed by atoms with Crippen LogP contribution in [0.5, 0.6) is 5.75 Å². The Morgan fingerprint density at radius 2 is 1.92 bits per heavy atom. The molecule has 142 valence electrons. The predicted molar refractivity (Wildman–Crippen MR) is 98.3 cm³/mol. The number of hydrogen-bond donors (Lipinski definition) is 3. The van der Waals surface area contributed by atoms with Crippen LogP contribution in [0.15, 0.2) is 23.1 Å². The summed E-state index contributed by atoms with van der Waals surface area (Å²) in [5.41, 5.74) is 0.207. The summed E-state index contributed by atoms with van der Waals surface area (Å²) in [6, 6.07) is 5.31. The van der Waals surface area contributed by atoms with E-state index in [-0.39, 0.29) is 12.2 Å². The Morgan fingerprint density at radius 3 is 2.48 bits per heavy atom. The van der Waals surface area contributed by atoms with Crippen molar-refractivity contribution < 1.29 is 24.9 Å². The molecule has 1 fully saturated rings. The Hall–Kier alpha value is -1.32. The van der Waals surface area contributed by atoms with Crippen LogP contribution < -0.4 is 4.74 Å². The van der Waals surface area contributed by atoms with Crippen LogP contribution in [0.4, 0.5) is 0 Å². The average molecular weight is 372 g/mol. The van der Waals surface area contributed by atoms with Gasteiger partial charge in [0, 0.05) is 51.3 Å². The molecule has 25 heavy (non-hydrogen) atoms. The van der Waals surface area contributed by atoms with Gasteiger partial charge in [-0.05, 0) is 43.5 Å². The molecule has 0 unspecified atom stereocenters. The van der Waals surface area contributed by atoms with Gasteiger partial charge in [0.2, 0.25) is 0 Å². The molecule has 0 amide bonds. The fraction of sp³-hybridized carbons (Fsp3) is 0.588. The van der Waals surface area contributed by atoms with Crippen LogP contribution in [0.1, 0.15) is 23.7 Å². The number of carboxylic acid groups (broad SMARTS) is 1. The van der Waals surface area contributed by atoms with Crippen molar-refractivity contribution in [1.29, 1.82) is 0 Å². The first-order valence-corrected chi connectivity index (χ1v) is 9.12. The molecule has 1 saturated heterocycles. The van der Waals surface area contributed by atoms with Gasteiger partial charge in [-0.1, -0.05) is 0 Å². The van der Waals surface area contributed by atoms with Crippen molar-refractivity contribution in [3.8, 4) is 5.75 Å². The molecule has 0 aliphatic carbocycles. The van der Waals surface area contributed by atoms with Crippen molar-refractivity contribution in [2.45, 2.75) is 18.2 Å². The lowest BCUT2D eigenvalue weighted by molar-refractivity contribution is 0.0692. The van der Waals surface area contributed by atoms with Gasteiger partial charge in [-0.25, -0.2) is 9.10 Å². The van der Waals surface area contributed by atoms with Gasteiger partial charge in [0.15, 0.2) is 0 Å². The van der Waals surface area contributed by atoms with E-state index in [1.54, 1.807) is 24.1 Å². The summed E-state index contributed by atoms with van der Waals surface area (Å²) < 4.78 is 7.61. The minimum Gasteiger partial charge on any atom is -0.493 e. The second-order valence-corrected chi connectivity index (χ2v) is 6.51. The second kappa shape index (κ2) is 12.1. The van der Waals surface area contributed by atoms with E-state index >= 15 is 0 Å². The van der Waals surface area contributed by atoms with Crippen molar-refractivity contribution in [3.63, 3.8) is 0 Å². The molecule has 0 radical (unpaired) electrons. The topological polar surface area (TPSA) is 93.5 Å². The molecule has 1 aromatic carbocycles. The van der Waals surface area contributed by atoms with Crippen LogP contribution in [0, 0.1) is 0 Å². The summed E-state index contributed by atoms with van der Waals surface area (Å²) in [6.07, 6.45) is 0.813. The second-order valence-electron chi connectivity index (χ2n) is 5.34. The molecule has 1 aliphatic rings. The zero-order valence-electron chi connectivity index (χ0n) is 14.8. The summed E-state index contributed by atoms with van der Waals surface area (Å²) in [4.78, 5) is 14.6. The van der Waals surface area contributed by atoms with E-state index in [1.165, 1.54) is 0 Å². The van der Waals surface area contributed by atoms with Gasteiger partial charge in [0.1, 0.15) is 11.3 Å². The average Bonchev–Trinajstić information content (AvgIpc) is 2.64. The fourth-order valence-electron chi connectivity index (χ4n) is 2.50. The number of aliphatic hydroxyl groups excluding tert-OH is 2. The molecule has 0 bridgehead atoms. The number of carboxylic acids is 1. The van der Waals surface area contributed by atoms with Crippen molar-refractivity contribution >= 4 is 17.9 Å². The molecule has 0 saturated carbocycles. The molecule has 0 spiro atoms. The number of hydrogen-bond acceptors (Lipinski definition) is 7. The van der Waals surface area contributed by atoms with E-state index in [0.29, 0.717) is 12.4 Å². The molecule has 8 heteroatoms. The number of aromatic carboxylic acids is 1. The lowest BCUT2D eigenvalue weighted by atomic mass is 10.2. The van der Waals surface area contributed by atoms with Gasteiger partial charge in [-0.2, -0.15) is 0 Å². The number of carbonyl (C=O) groups is 1. The third-order valence-corrected chi connectivity index (χ3v) is 4.77. The van der Waals surface area contributed by atoms with Crippen molar-refractivity contribution in [2.24, 2.45) is 0 Å². The molecule has 2 rings (SSSR count). The zero-order valence-corrected chi connectivity index (χ0v) is 15.7. The van der Waals surface area contributed by atoms with E-state index in [0.717, 1.165) is 51.1 Å². The number of rotatable bonds is 8. The molecule has 1 aliphatic heterocycles. The molecule has 7 nitrogen and oxygen atoms in total. The Labute approximate surface area is 153 Å². The maximum Gasteiger partial charge on any atom is 0.339 e. The third-order valence-electron chi connectivity index (χ3n) is 3.68. The van der Waals surface area contributed by atoms with Gasteiger partial charge >= 0.3 is 5.97 Å². The Bertz CT molecular complexity index is 522. The van der Waals surface area contributed by atoms with Crippen molar-refractivity contribution in [3.05, 3.63) is 23.8 Å². The van der Waals surface area contributed by atoms with Crippen molar-refractivity contribution in [2.75, 3.05) is 53.0 Å². The number of nitrogens with zero attached hydrogens (tertiary/aromatic N) is 2. The molecule has 3 N–H and O–H groups in total. The molecular weight excluding hydrogens is 344 g/mol. The fourth-order valence-corrected chi connectivity index (χ4v) is 3.45. The van der Waals surface area contributed by atoms with Crippen LogP contribution in [0.25, 0.3) is 0 Å². The molecule has 1 heterocycles. The van der Waals surface area contributed by atoms with Gasteiger partial charge in [0.25, 0.3) is 0 Å². The SMILES string of the molecule is CCOc1ccc(SN2CCN(CCCO)CC2)cc1C(=O)O.CO. The summed E-state index contributed by atoms with van der Waals surface area (Å²) in [7, 11) is 1.00. The smallest absolute Gasteiger partial charge is 0.339 e. The van der Waals surface area contributed by atoms with Gasteiger partial charge in [-0.3, -0.25) is 0 Å². The molecule has 1 aromatic rings. The molecule has 0 aromatic heterocycles. The number of piperazine rings is 1. The third kappa shape index (κ3) is 7.21. The summed E-state index contributed by atoms with van der Waals surface area (Å²) in [6.45, 7) is 7.23.